The quantitative estimate of drug-likeness (QED) is 0.0390. The molecule has 15 nitrogen and oxygen atoms in total. The fourth-order valence-corrected chi connectivity index (χ4v) is 13.6. The standard InChI is InChI=1S/C86H76N10O5/c1-6-11-46-97-69-41-36-52(77-82(69)92-64-31-21-16-26-59(64)87-77)57-51-58(53-37-42-70(98-47-12-7-2)83-78(53)88-60-27-17-22-32-65(60)93-83)75(55-39-44-72(100-49-14-9-4)85-80(55)90-62-29-19-24-34-67(62)95-85)76(56-40-45-73(101-50-15-10-5)86-81(56)91-63-30-20-25-35-68(63)96-86)74(57)54-38-43-71(99-48-13-8-3)84-79(54)89-61-28-18-23-33-66(61)94-84/h16-45,51H,6-15,46-50H2,1-5H3. The lowest BCUT2D eigenvalue weighted by Crippen LogP contribution is -2.06. The molecule has 16 aromatic rings. The van der Waals surface area contributed by atoms with Gasteiger partial charge in [0.25, 0.3) is 0 Å². The van der Waals surface area contributed by atoms with E-state index in [2.05, 4.69) is 101 Å². The highest BCUT2D eigenvalue weighted by Gasteiger charge is 2.33. The van der Waals surface area contributed by atoms with Crippen molar-refractivity contribution in [2.75, 3.05) is 33.0 Å². The summed E-state index contributed by atoms with van der Waals surface area (Å²) in [5, 5.41) is 0. The van der Waals surface area contributed by atoms with Crippen LogP contribution < -0.4 is 23.7 Å². The van der Waals surface area contributed by atoms with Crippen molar-refractivity contribution in [1.82, 2.24) is 49.8 Å². The zero-order valence-electron chi connectivity index (χ0n) is 57.5. The van der Waals surface area contributed by atoms with Gasteiger partial charge in [-0.3, -0.25) is 0 Å². The van der Waals surface area contributed by atoms with Crippen molar-refractivity contribution in [3.05, 3.63) is 188 Å². The van der Waals surface area contributed by atoms with E-state index in [4.69, 9.17) is 73.5 Å². The summed E-state index contributed by atoms with van der Waals surface area (Å²) < 4.78 is 34.1. The molecule has 0 atom stereocenters. The maximum Gasteiger partial charge on any atom is 0.147 e. The van der Waals surface area contributed by atoms with Gasteiger partial charge >= 0.3 is 0 Å². The van der Waals surface area contributed by atoms with Gasteiger partial charge in [0.05, 0.1) is 88.2 Å². The van der Waals surface area contributed by atoms with Gasteiger partial charge < -0.3 is 23.7 Å². The first-order valence-corrected chi connectivity index (χ1v) is 35.7. The summed E-state index contributed by atoms with van der Waals surface area (Å²) in [6.07, 6.45) is 8.99. The molecular weight excluding hydrogens is 1250 g/mol. The molecule has 0 aliphatic carbocycles. The topological polar surface area (TPSA) is 175 Å². The van der Waals surface area contributed by atoms with Crippen molar-refractivity contribution in [1.29, 1.82) is 0 Å². The molecule has 0 unspecified atom stereocenters. The predicted molar refractivity (Wildman–Crippen MR) is 409 cm³/mol. The molecule has 0 radical (unpaired) electrons. The number of unbranched alkanes of at least 4 members (excludes halogenated alkanes) is 5. The van der Waals surface area contributed by atoms with Crippen LogP contribution in [0, 0.1) is 0 Å². The van der Waals surface area contributed by atoms with Gasteiger partial charge in [-0.2, -0.15) is 0 Å². The molecule has 101 heavy (non-hydrogen) atoms. The van der Waals surface area contributed by atoms with Crippen LogP contribution in [0.15, 0.2) is 188 Å². The fraction of sp³-hybridized carbons (Fsp3) is 0.233. The molecule has 0 N–H and O–H groups in total. The molecule has 0 fully saturated rings. The summed E-state index contributed by atoms with van der Waals surface area (Å²) in [5.74, 6) is 3.10. The second kappa shape index (κ2) is 28.3. The Morgan fingerprint density at radius 3 is 0.604 bits per heavy atom. The Kier molecular flexibility index (Phi) is 18.0. The number of aromatic nitrogens is 10. The van der Waals surface area contributed by atoms with Crippen molar-refractivity contribution in [2.45, 2.75) is 98.8 Å². The van der Waals surface area contributed by atoms with Gasteiger partial charge in [-0.15, -0.1) is 0 Å². The van der Waals surface area contributed by atoms with Crippen molar-refractivity contribution in [2.24, 2.45) is 0 Å². The first-order valence-electron chi connectivity index (χ1n) is 35.7. The number of ether oxygens (including phenoxy) is 5. The van der Waals surface area contributed by atoms with Gasteiger partial charge in [0.1, 0.15) is 83.9 Å². The number of benzene rings is 11. The van der Waals surface area contributed by atoms with E-state index in [0.29, 0.717) is 133 Å². The molecule has 11 aromatic carbocycles. The monoisotopic (exact) mass is 1330 g/mol. The van der Waals surface area contributed by atoms with Gasteiger partial charge in [-0.25, -0.2) is 49.8 Å². The van der Waals surface area contributed by atoms with E-state index >= 15 is 0 Å². The van der Waals surface area contributed by atoms with Crippen molar-refractivity contribution < 1.29 is 23.7 Å². The van der Waals surface area contributed by atoms with Crippen LogP contribution in [0.5, 0.6) is 28.7 Å². The summed E-state index contributed by atoms with van der Waals surface area (Å²) in [6, 6.07) is 63.6. The Morgan fingerprint density at radius 1 is 0.198 bits per heavy atom. The normalized spacial score (nSPS) is 11.8. The summed E-state index contributed by atoms with van der Waals surface area (Å²) >= 11 is 0. The zero-order valence-corrected chi connectivity index (χ0v) is 57.5. The molecule has 0 saturated carbocycles. The molecule has 16 rings (SSSR count). The second-order valence-corrected chi connectivity index (χ2v) is 25.7. The summed E-state index contributed by atoms with van der Waals surface area (Å²) in [6.45, 7) is 13.3. The van der Waals surface area contributed by atoms with E-state index < -0.39 is 0 Å². The molecule has 5 aromatic heterocycles. The molecule has 5 heterocycles. The SMILES string of the molecule is CCCCOc1ccc(-c2cc(-c3ccc(OCCCC)c4nc5ccccc5nc34)c(-c3ccc(OCCCC)c4nc5ccccc5nc34)c(-c3ccc(OCCCC)c4nc5ccccc5nc34)c2-c2ccc(OCCCC)c3nc4ccccc4nc23)c2nc3ccccc3nc12. The van der Waals surface area contributed by atoms with Crippen LogP contribution in [-0.2, 0) is 0 Å². The van der Waals surface area contributed by atoms with Gasteiger partial charge in [0.15, 0.2) is 0 Å². The van der Waals surface area contributed by atoms with Crippen LogP contribution in [0.25, 0.3) is 166 Å². The van der Waals surface area contributed by atoms with E-state index in [0.717, 1.165) is 158 Å². The van der Waals surface area contributed by atoms with Crippen LogP contribution in [0.1, 0.15) is 98.8 Å². The van der Waals surface area contributed by atoms with Crippen LogP contribution in [-0.4, -0.2) is 82.9 Å². The number of hydrogen-bond acceptors (Lipinski definition) is 15. The van der Waals surface area contributed by atoms with Gasteiger partial charge in [0.2, 0.25) is 0 Å². The summed E-state index contributed by atoms with van der Waals surface area (Å²) in [7, 11) is 0. The van der Waals surface area contributed by atoms with Gasteiger partial charge in [-0.1, -0.05) is 127 Å². The lowest BCUT2D eigenvalue weighted by molar-refractivity contribution is 0.312. The van der Waals surface area contributed by atoms with E-state index in [9.17, 15) is 0 Å². The molecule has 0 bridgehead atoms. The molecule has 500 valence electrons. The minimum atomic E-state index is 0.480. The van der Waals surface area contributed by atoms with E-state index in [1.807, 2.05) is 121 Å². The highest BCUT2D eigenvalue weighted by molar-refractivity contribution is 6.20. The molecule has 15 heteroatoms. The van der Waals surface area contributed by atoms with Crippen LogP contribution >= 0.6 is 0 Å². The van der Waals surface area contributed by atoms with Crippen molar-refractivity contribution in [3.63, 3.8) is 0 Å². The lowest BCUT2D eigenvalue weighted by Gasteiger charge is -2.27. The Labute approximate surface area is 585 Å². The largest absolute Gasteiger partial charge is 0.491 e. The van der Waals surface area contributed by atoms with E-state index in [1.165, 1.54) is 0 Å². The van der Waals surface area contributed by atoms with Crippen molar-refractivity contribution >= 4 is 110 Å². The highest BCUT2D eigenvalue weighted by Crippen LogP contribution is 2.56. The molecule has 0 saturated heterocycles. The first kappa shape index (κ1) is 64.1. The third-order valence-corrected chi connectivity index (χ3v) is 18.8. The average molecular weight is 1330 g/mol. The second-order valence-electron chi connectivity index (χ2n) is 25.7. The van der Waals surface area contributed by atoms with E-state index in [1.54, 1.807) is 0 Å². The summed E-state index contributed by atoms with van der Waals surface area (Å²) in [5.41, 5.74) is 21.0. The van der Waals surface area contributed by atoms with Crippen LogP contribution in [0.4, 0.5) is 0 Å². The maximum absolute atomic E-state index is 6.86. The van der Waals surface area contributed by atoms with Crippen molar-refractivity contribution in [3.8, 4) is 84.4 Å². The fourth-order valence-electron chi connectivity index (χ4n) is 13.6. The minimum Gasteiger partial charge on any atom is -0.491 e. The smallest absolute Gasteiger partial charge is 0.147 e. The number of para-hydroxylation sites is 10. The minimum absolute atomic E-state index is 0.480. The number of rotatable bonds is 25. The van der Waals surface area contributed by atoms with Gasteiger partial charge in [-0.05, 0) is 171 Å². The number of nitrogens with zero attached hydrogens (tertiary/aromatic N) is 10. The Balaban J connectivity index is 1.18. The lowest BCUT2D eigenvalue weighted by atomic mass is 9.77. The first-order chi connectivity index (χ1) is 49.9. The molecule has 0 spiro atoms. The molecule has 0 amide bonds. The Morgan fingerprint density at radius 2 is 0.386 bits per heavy atom. The average Bonchev–Trinajstić information content (AvgIpc) is 0.703. The van der Waals surface area contributed by atoms with Gasteiger partial charge in [0, 0.05) is 44.5 Å². The molecular formula is C86H76N10O5. The third-order valence-electron chi connectivity index (χ3n) is 18.8. The Hall–Kier alpha value is -11.6. The van der Waals surface area contributed by atoms with Crippen LogP contribution in [0.3, 0.4) is 0 Å². The molecule has 0 aliphatic rings. The number of hydrogen-bond donors (Lipinski definition) is 0. The Bertz CT molecular complexity index is 5580. The number of fused-ring (bicyclic) bond motifs is 10. The third kappa shape index (κ3) is 12.1. The highest BCUT2D eigenvalue weighted by atomic mass is 16.5. The van der Waals surface area contributed by atoms with E-state index in [-0.39, 0.29) is 0 Å². The predicted octanol–water partition coefficient (Wildman–Crippen LogP) is 21.4. The zero-order chi connectivity index (χ0) is 68.3. The van der Waals surface area contributed by atoms with Crippen LogP contribution in [0.2, 0.25) is 0 Å². The maximum atomic E-state index is 6.86. The summed E-state index contributed by atoms with van der Waals surface area (Å²) in [4.78, 5) is 56.3. The molecule has 0 aliphatic heterocycles.